The number of anilines is 2. The molecule has 0 saturated carbocycles. The smallest absolute Gasteiger partial charge is 0.322 e. The first-order chi connectivity index (χ1) is 7.45. The van der Waals surface area contributed by atoms with Crippen LogP contribution >= 0.6 is 0 Å². The first kappa shape index (κ1) is 12.5. The highest BCUT2D eigenvalue weighted by Gasteiger charge is 2.18. The Morgan fingerprint density at radius 3 is 2.06 bits per heavy atom. The third kappa shape index (κ3) is 2.71. The number of hydrogen-bond donors (Lipinski definition) is 1. The number of aromatic nitrogens is 3. The van der Waals surface area contributed by atoms with Gasteiger partial charge in [0.2, 0.25) is 11.9 Å². The molecule has 0 aliphatic rings. The van der Waals surface area contributed by atoms with Gasteiger partial charge in [0.15, 0.2) is 0 Å². The highest BCUT2D eigenvalue weighted by molar-refractivity contribution is 5.37. The van der Waals surface area contributed by atoms with Crippen molar-refractivity contribution in [2.45, 2.75) is 39.8 Å². The van der Waals surface area contributed by atoms with E-state index in [0.29, 0.717) is 5.95 Å². The third-order valence-electron chi connectivity index (χ3n) is 2.15. The molecule has 1 aromatic rings. The summed E-state index contributed by atoms with van der Waals surface area (Å²) in [4.78, 5) is 14.2. The molecular formula is C10H19N5O. The molecule has 0 radical (unpaired) electrons. The molecule has 0 unspecified atom stereocenters. The van der Waals surface area contributed by atoms with Crippen LogP contribution in [0.2, 0.25) is 0 Å². The fraction of sp³-hybridized carbons (Fsp3) is 0.700. The summed E-state index contributed by atoms with van der Waals surface area (Å²) in [6.45, 7) is 8.30. The zero-order chi connectivity index (χ0) is 12.3. The molecule has 16 heavy (non-hydrogen) atoms. The van der Waals surface area contributed by atoms with Gasteiger partial charge >= 0.3 is 6.01 Å². The maximum absolute atomic E-state index is 5.60. The van der Waals surface area contributed by atoms with E-state index in [9.17, 15) is 0 Å². The van der Waals surface area contributed by atoms with Crippen LogP contribution in [-0.2, 0) is 0 Å². The topological polar surface area (TPSA) is 77.2 Å². The molecule has 90 valence electrons. The van der Waals surface area contributed by atoms with E-state index in [0.717, 1.165) is 0 Å². The summed E-state index contributed by atoms with van der Waals surface area (Å²) in [5.41, 5.74) is 5.60. The third-order valence-corrected chi connectivity index (χ3v) is 2.15. The Kier molecular flexibility index (Phi) is 3.87. The molecule has 0 bridgehead atoms. The van der Waals surface area contributed by atoms with Crippen molar-refractivity contribution in [3.63, 3.8) is 0 Å². The molecule has 0 aliphatic carbocycles. The Morgan fingerprint density at radius 2 is 1.62 bits per heavy atom. The highest BCUT2D eigenvalue weighted by atomic mass is 16.5. The highest BCUT2D eigenvalue weighted by Crippen LogP contribution is 2.18. The molecule has 0 aliphatic heterocycles. The molecule has 6 heteroatoms. The number of rotatable bonds is 4. The quantitative estimate of drug-likeness (QED) is 0.826. The number of nitrogens with zero attached hydrogens (tertiary/aromatic N) is 4. The van der Waals surface area contributed by atoms with Gasteiger partial charge < -0.3 is 15.4 Å². The van der Waals surface area contributed by atoms with Gasteiger partial charge in [-0.05, 0) is 27.7 Å². The van der Waals surface area contributed by atoms with E-state index in [1.54, 1.807) is 0 Å². The fourth-order valence-electron chi connectivity index (χ4n) is 1.63. The second kappa shape index (κ2) is 4.96. The molecule has 1 aromatic heterocycles. The predicted octanol–water partition coefficient (Wildman–Crippen LogP) is 1.09. The number of nitrogens with two attached hydrogens (primary N) is 1. The van der Waals surface area contributed by atoms with E-state index in [1.807, 2.05) is 0 Å². The molecule has 0 aromatic carbocycles. The maximum Gasteiger partial charge on any atom is 0.322 e. The van der Waals surface area contributed by atoms with E-state index in [-0.39, 0.29) is 24.0 Å². The van der Waals surface area contributed by atoms with Crippen LogP contribution in [0.25, 0.3) is 0 Å². The largest absolute Gasteiger partial charge is 0.467 e. The zero-order valence-electron chi connectivity index (χ0n) is 10.4. The summed E-state index contributed by atoms with van der Waals surface area (Å²) in [5, 5.41) is 0. The van der Waals surface area contributed by atoms with E-state index in [1.165, 1.54) is 7.11 Å². The van der Waals surface area contributed by atoms with Gasteiger partial charge in [0, 0.05) is 12.1 Å². The molecule has 1 rings (SSSR count). The normalized spacial score (nSPS) is 10.9. The molecule has 0 spiro atoms. The van der Waals surface area contributed by atoms with E-state index >= 15 is 0 Å². The molecule has 1 heterocycles. The maximum atomic E-state index is 5.60. The van der Waals surface area contributed by atoms with Crippen LogP contribution in [0.5, 0.6) is 6.01 Å². The van der Waals surface area contributed by atoms with Gasteiger partial charge in [-0.2, -0.15) is 15.0 Å². The van der Waals surface area contributed by atoms with Crippen molar-refractivity contribution in [3.8, 4) is 6.01 Å². The Bertz CT molecular complexity index is 345. The van der Waals surface area contributed by atoms with Gasteiger partial charge in [-0.1, -0.05) is 0 Å². The predicted molar refractivity (Wildman–Crippen MR) is 63.5 cm³/mol. The van der Waals surface area contributed by atoms with Crippen molar-refractivity contribution >= 4 is 11.9 Å². The van der Waals surface area contributed by atoms with E-state index in [2.05, 4.69) is 47.5 Å². The van der Waals surface area contributed by atoms with Crippen LogP contribution in [0.4, 0.5) is 11.9 Å². The van der Waals surface area contributed by atoms with Gasteiger partial charge in [-0.3, -0.25) is 0 Å². The lowest BCUT2D eigenvalue weighted by atomic mass is 10.2. The van der Waals surface area contributed by atoms with Gasteiger partial charge in [0.25, 0.3) is 0 Å². The molecular weight excluding hydrogens is 206 g/mol. The second-order valence-corrected chi connectivity index (χ2v) is 4.08. The van der Waals surface area contributed by atoms with Gasteiger partial charge in [0.1, 0.15) is 0 Å². The molecule has 0 amide bonds. The Balaban J connectivity index is 3.13. The van der Waals surface area contributed by atoms with Crippen molar-refractivity contribution in [2.75, 3.05) is 17.7 Å². The first-order valence-electron chi connectivity index (χ1n) is 5.29. The van der Waals surface area contributed by atoms with Gasteiger partial charge in [-0.15, -0.1) is 0 Å². The molecule has 0 saturated heterocycles. The standard InChI is InChI=1S/C10H19N5O/c1-6(2)15(7(3)4)9-12-8(11)13-10(14-9)16-5/h6-7H,1-5H3,(H2,11,12,13,14). The van der Waals surface area contributed by atoms with Crippen LogP contribution in [-0.4, -0.2) is 34.1 Å². The summed E-state index contributed by atoms with van der Waals surface area (Å²) < 4.78 is 4.98. The lowest BCUT2D eigenvalue weighted by molar-refractivity contribution is 0.378. The second-order valence-electron chi connectivity index (χ2n) is 4.08. The molecule has 0 atom stereocenters. The summed E-state index contributed by atoms with van der Waals surface area (Å²) in [5.74, 6) is 0.725. The van der Waals surface area contributed by atoms with Gasteiger partial charge in [0.05, 0.1) is 7.11 Å². The molecule has 6 nitrogen and oxygen atoms in total. The van der Waals surface area contributed by atoms with Crippen LogP contribution in [0.1, 0.15) is 27.7 Å². The minimum atomic E-state index is 0.174. The Morgan fingerprint density at radius 1 is 1.06 bits per heavy atom. The summed E-state index contributed by atoms with van der Waals surface area (Å²) in [6, 6.07) is 0.812. The number of nitrogen functional groups attached to an aromatic ring is 1. The van der Waals surface area contributed by atoms with Crippen LogP contribution in [0.15, 0.2) is 0 Å². The van der Waals surface area contributed by atoms with Crippen molar-refractivity contribution in [1.29, 1.82) is 0 Å². The molecule has 2 N–H and O–H groups in total. The van der Waals surface area contributed by atoms with Crippen molar-refractivity contribution in [3.05, 3.63) is 0 Å². The number of hydrogen-bond acceptors (Lipinski definition) is 6. The average Bonchev–Trinajstić information content (AvgIpc) is 2.15. The summed E-state index contributed by atoms with van der Waals surface area (Å²) in [6.07, 6.45) is 0. The van der Waals surface area contributed by atoms with Crippen LogP contribution in [0.3, 0.4) is 0 Å². The lowest BCUT2D eigenvalue weighted by Gasteiger charge is -2.30. The summed E-state index contributed by atoms with van der Waals surface area (Å²) in [7, 11) is 1.51. The monoisotopic (exact) mass is 225 g/mol. The van der Waals surface area contributed by atoms with Crippen molar-refractivity contribution in [2.24, 2.45) is 0 Å². The first-order valence-corrected chi connectivity index (χ1v) is 5.29. The molecule has 0 fully saturated rings. The average molecular weight is 225 g/mol. The SMILES string of the molecule is COc1nc(N)nc(N(C(C)C)C(C)C)n1. The van der Waals surface area contributed by atoms with E-state index < -0.39 is 0 Å². The van der Waals surface area contributed by atoms with Crippen molar-refractivity contribution < 1.29 is 4.74 Å². The fourth-order valence-corrected chi connectivity index (χ4v) is 1.63. The minimum Gasteiger partial charge on any atom is -0.467 e. The number of methoxy groups -OCH3 is 1. The van der Waals surface area contributed by atoms with Gasteiger partial charge in [-0.25, -0.2) is 0 Å². The van der Waals surface area contributed by atoms with E-state index in [4.69, 9.17) is 10.5 Å². The number of ether oxygens (including phenoxy) is 1. The summed E-state index contributed by atoms with van der Waals surface area (Å²) >= 11 is 0. The Hall–Kier alpha value is -1.59. The van der Waals surface area contributed by atoms with Crippen molar-refractivity contribution in [1.82, 2.24) is 15.0 Å². The Labute approximate surface area is 95.9 Å². The van der Waals surface area contributed by atoms with Crippen LogP contribution in [0, 0.1) is 0 Å². The minimum absolute atomic E-state index is 0.174. The zero-order valence-corrected chi connectivity index (χ0v) is 10.4. The lowest BCUT2D eigenvalue weighted by Crippen LogP contribution is -2.38. The van der Waals surface area contributed by atoms with Crippen LogP contribution < -0.4 is 15.4 Å².